The Bertz CT molecular complexity index is 1000. The molecule has 0 saturated carbocycles. The van der Waals surface area contributed by atoms with Gasteiger partial charge < -0.3 is 8.83 Å². The van der Waals surface area contributed by atoms with Crippen molar-refractivity contribution in [1.82, 2.24) is 15.0 Å². The third-order valence-electron chi connectivity index (χ3n) is 3.97. The minimum atomic E-state index is 1.03. The third kappa shape index (κ3) is 29.6. The quantitative estimate of drug-likeness (QED) is 0.174. The lowest BCUT2D eigenvalue weighted by molar-refractivity contribution is 0.558. The van der Waals surface area contributed by atoms with E-state index in [0.29, 0.717) is 0 Å². The Morgan fingerprint density at radius 3 is 1.33 bits per heavy atom. The van der Waals surface area contributed by atoms with E-state index in [1.54, 1.807) is 71.7 Å². The number of aliphatic imine (C=N–C) groups is 1. The fraction of sp³-hybridized carbons (Fsp3) is 0.0588. The minimum absolute atomic E-state index is 1.03. The average Bonchev–Trinajstić information content (AvgIpc) is 3.93. The van der Waals surface area contributed by atoms with Crippen LogP contribution in [0.1, 0.15) is 12.8 Å². The maximum Gasteiger partial charge on any atom is 0.180 e. The highest BCUT2D eigenvalue weighted by atomic mass is 32.1. The summed E-state index contributed by atoms with van der Waals surface area (Å²) in [6.07, 6.45) is 29.2. The molecule has 6 heterocycles. The van der Waals surface area contributed by atoms with Crippen molar-refractivity contribution in [2.24, 2.45) is 4.99 Å². The van der Waals surface area contributed by atoms with Crippen LogP contribution in [0.2, 0.25) is 0 Å². The first-order valence-corrected chi connectivity index (χ1v) is 14.8. The number of thiophene rings is 1. The Morgan fingerprint density at radius 2 is 1.14 bits per heavy atom. The summed E-state index contributed by atoms with van der Waals surface area (Å²) in [6.45, 7) is 0. The van der Waals surface area contributed by atoms with Crippen molar-refractivity contribution < 1.29 is 8.83 Å². The predicted molar refractivity (Wildman–Crippen MR) is 177 cm³/mol. The second kappa shape index (κ2) is 32.3. The number of allylic oxidation sites excluding steroid dienone is 5. The molecule has 1 aromatic carbocycles. The monoisotopic (exact) mass is 596 g/mol. The van der Waals surface area contributed by atoms with Gasteiger partial charge in [-0.05, 0) is 41.4 Å². The van der Waals surface area contributed by atoms with Gasteiger partial charge in [0, 0.05) is 42.8 Å². The fourth-order valence-electron chi connectivity index (χ4n) is 2.20. The van der Waals surface area contributed by atoms with E-state index in [0.717, 1.165) is 12.8 Å². The largest absolute Gasteiger partial charge is 0.473 e. The first kappa shape index (κ1) is 35.1. The summed E-state index contributed by atoms with van der Waals surface area (Å²) in [5.74, 6) is 0. The number of furan rings is 1. The minimum Gasteiger partial charge on any atom is -0.473 e. The smallest absolute Gasteiger partial charge is 0.180 e. The molecule has 42 heavy (non-hydrogen) atoms. The van der Waals surface area contributed by atoms with Crippen LogP contribution in [0.3, 0.4) is 0 Å². The van der Waals surface area contributed by atoms with Crippen molar-refractivity contribution >= 4 is 28.9 Å². The Labute approximate surface area is 256 Å². The number of hydrogen-bond donors (Lipinski definition) is 0. The topological polar surface area (TPSA) is 77.3 Å². The van der Waals surface area contributed by atoms with Crippen molar-refractivity contribution in [3.63, 3.8) is 0 Å². The average molecular weight is 597 g/mol. The zero-order chi connectivity index (χ0) is 29.7. The maximum atomic E-state index is 4.58. The zero-order valence-electron chi connectivity index (χ0n) is 23.3. The molecule has 0 fully saturated rings. The highest BCUT2D eigenvalue weighted by molar-refractivity contribution is 7.07. The van der Waals surface area contributed by atoms with Gasteiger partial charge in [-0.25, -0.2) is 4.98 Å². The van der Waals surface area contributed by atoms with Gasteiger partial charge in [-0.1, -0.05) is 85.0 Å². The molecule has 8 rings (SSSR count). The number of benzene rings is 1. The second-order valence-electron chi connectivity index (χ2n) is 7.16. The lowest BCUT2D eigenvalue weighted by atomic mass is 10.4. The van der Waals surface area contributed by atoms with Gasteiger partial charge in [0.05, 0.1) is 24.2 Å². The molecule has 0 amide bonds. The molecular formula is C34H36N4O2S2. The summed E-state index contributed by atoms with van der Waals surface area (Å²) in [7, 11) is 0. The van der Waals surface area contributed by atoms with E-state index in [1.165, 1.54) is 12.7 Å². The molecule has 1 aliphatic carbocycles. The van der Waals surface area contributed by atoms with Gasteiger partial charge >= 0.3 is 0 Å². The molecule has 0 radical (unpaired) electrons. The SMILES string of the molecule is C1=CCC=C1.C1=CN=CC1.c1ccccc1.c1ccncc1.c1ccoc1.c1ccsc1.c1cocn1.c1cscn1. The number of oxazole rings is 1. The van der Waals surface area contributed by atoms with E-state index in [-0.39, 0.29) is 0 Å². The van der Waals surface area contributed by atoms with Gasteiger partial charge in [-0.2, -0.15) is 11.3 Å². The van der Waals surface area contributed by atoms with Crippen LogP contribution in [-0.2, 0) is 0 Å². The van der Waals surface area contributed by atoms with Crippen LogP contribution in [0.4, 0.5) is 0 Å². The van der Waals surface area contributed by atoms with Crippen LogP contribution in [0.15, 0.2) is 201 Å². The zero-order valence-corrected chi connectivity index (χ0v) is 24.9. The van der Waals surface area contributed by atoms with E-state index < -0.39 is 0 Å². The van der Waals surface area contributed by atoms with E-state index in [2.05, 4.69) is 53.1 Å². The van der Waals surface area contributed by atoms with Crippen LogP contribution in [0.5, 0.6) is 0 Å². The molecule has 6 aromatic rings. The van der Waals surface area contributed by atoms with Gasteiger partial charge in [0.25, 0.3) is 0 Å². The molecular weight excluding hydrogens is 561 g/mol. The van der Waals surface area contributed by atoms with Crippen LogP contribution >= 0.6 is 22.7 Å². The number of thiazole rings is 1. The van der Waals surface area contributed by atoms with E-state index in [9.17, 15) is 0 Å². The molecule has 0 spiro atoms. The molecule has 2 aliphatic rings. The molecule has 0 bridgehead atoms. The molecule has 0 atom stereocenters. The van der Waals surface area contributed by atoms with E-state index >= 15 is 0 Å². The summed E-state index contributed by atoms with van der Waals surface area (Å²) in [6, 6.07) is 25.4. The first-order chi connectivity index (χ1) is 21.0. The molecule has 0 saturated heterocycles. The molecule has 0 N–H and O–H groups in total. The summed E-state index contributed by atoms with van der Waals surface area (Å²) in [4.78, 5) is 14.9. The standard InChI is InChI=1S/C6H6.C5H5N.C5H6.C4H5N.C4H4O.C4H4S.C3H3NO.C3H3NS/c2*1-2-4-6-5-3-1;4*1-2-4-5-3-1;2*1-2-5-3-4-1/h1-6H;1-5H;1-4H,5H2;1,3-4H,2H2;2*1-4H;2*1-3H. The molecule has 216 valence electrons. The highest BCUT2D eigenvalue weighted by Gasteiger charge is 1.73. The number of hydrogen-bond acceptors (Lipinski definition) is 8. The van der Waals surface area contributed by atoms with Crippen molar-refractivity contribution in [2.45, 2.75) is 12.8 Å². The molecule has 0 unspecified atom stereocenters. The molecule has 8 heteroatoms. The number of pyridine rings is 1. The maximum absolute atomic E-state index is 4.58. The lowest BCUT2D eigenvalue weighted by Crippen LogP contribution is -1.58. The van der Waals surface area contributed by atoms with Crippen molar-refractivity contribution in [3.8, 4) is 0 Å². The van der Waals surface area contributed by atoms with Gasteiger partial charge in [0.15, 0.2) is 6.39 Å². The number of aromatic nitrogens is 3. The Hall–Kier alpha value is -4.92. The molecule has 5 aromatic heterocycles. The van der Waals surface area contributed by atoms with Crippen molar-refractivity contribution in [3.05, 3.63) is 187 Å². The lowest BCUT2D eigenvalue weighted by Gasteiger charge is -1.70. The first-order valence-electron chi connectivity index (χ1n) is 12.9. The summed E-state index contributed by atoms with van der Waals surface area (Å²) in [5.41, 5.74) is 1.79. The van der Waals surface area contributed by atoms with Crippen LogP contribution in [-0.4, -0.2) is 21.2 Å². The normalized spacial score (nSPS) is 10.3. The predicted octanol–water partition coefficient (Wildman–Crippen LogP) is 10.1. The van der Waals surface area contributed by atoms with E-state index in [1.807, 2.05) is 107 Å². The molecule has 1 aliphatic heterocycles. The number of rotatable bonds is 0. The molecule has 6 nitrogen and oxygen atoms in total. The van der Waals surface area contributed by atoms with Gasteiger partial charge in [0.1, 0.15) is 6.26 Å². The van der Waals surface area contributed by atoms with Gasteiger partial charge in [0.2, 0.25) is 0 Å². The summed E-state index contributed by atoms with van der Waals surface area (Å²) >= 11 is 3.31. The third-order valence-corrected chi connectivity index (χ3v) is 5.12. The summed E-state index contributed by atoms with van der Waals surface area (Å²) < 4.78 is 9.06. The Kier molecular flexibility index (Phi) is 27.0. The Morgan fingerprint density at radius 1 is 0.476 bits per heavy atom. The van der Waals surface area contributed by atoms with Crippen LogP contribution in [0.25, 0.3) is 0 Å². The van der Waals surface area contributed by atoms with Crippen LogP contribution in [0, 0.1) is 0 Å². The number of nitrogens with zero attached hydrogens (tertiary/aromatic N) is 4. The second-order valence-corrected chi connectivity index (χ2v) is 8.73. The van der Waals surface area contributed by atoms with Crippen molar-refractivity contribution in [1.29, 1.82) is 0 Å². The Balaban J connectivity index is 0.000000240. The highest BCUT2D eigenvalue weighted by Crippen LogP contribution is 1.93. The van der Waals surface area contributed by atoms with Crippen molar-refractivity contribution in [2.75, 3.05) is 0 Å². The summed E-state index contributed by atoms with van der Waals surface area (Å²) in [5, 5.41) is 6.01. The van der Waals surface area contributed by atoms with Gasteiger partial charge in [-0.3, -0.25) is 15.0 Å². The fourth-order valence-corrected chi connectivity index (χ4v) is 3.00. The van der Waals surface area contributed by atoms with E-state index in [4.69, 9.17) is 0 Å². The van der Waals surface area contributed by atoms with Gasteiger partial charge in [-0.15, -0.1) is 11.3 Å². The van der Waals surface area contributed by atoms with Crippen LogP contribution < -0.4 is 0 Å².